The van der Waals surface area contributed by atoms with Crippen LogP contribution in [0.1, 0.15) is 25.6 Å². The molecule has 0 spiro atoms. The molecule has 0 saturated carbocycles. The molecule has 0 bridgehead atoms. The van der Waals surface area contributed by atoms with Crippen molar-refractivity contribution in [2.75, 3.05) is 18.9 Å². The van der Waals surface area contributed by atoms with E-state index in [9.17, 15) is 10.2 Å². The number of aliphatic hydroxyl groups is 3. The molecule has 0 aromatic carbocycles. The van der Waals surface area contributed by atoms with Gasteiger partial charge in [0.15, 0.2) is 6.23 Å². The van der Waals surface area contributed by atoms with Crippen LogP contribution in [-0.2, 0) is 4.74 Å². The maximum Gasteiger partial charge on any atom is 0.164 e. The molecule has 8 nitrogen and oxygen atoms in total. The second kappa shape index (κ2) is 6.03. The quantitative estimate of drug-likeness (QED) is 0.553. The van der Waals surface area contributed by atoms with Gasteiger partial charge < -0.3 is 30.4 Å². The van der Waals surface area contributed by atoms with Gasteiger partial charge in [-0.15, -0.1) is 0 Å². The Bertz CT molecular complexity index is 821. The third-order valence-electron chi connectivity index (χ3n) is 4.66. The van der Waals surface area contributed by atoms with Gasteiger partial charge in [0.25, 0.3) is 0 Å². The molecule has 4 atom stereocenters. The summed E-state index contributed by atoms with van der Waals surface area (Å²) in [6.45, 7) is 3.00. The van der Waals surface area contributed by atoms with Crippen LogP contribution in [0.5, 0.6) is 0 Å². The first-order valence-electron chi connectivity index (χ1n) is 7.61. The molecule has 8 heteroatoms. The summed E-state index contributed by atoms with van der Waals surface area (Å²) in [5, 5.41) is 29.8. The molecular weight excluding hydrogens is 312 g/mol. The Kier molecular flexibility index (Phi) is 4.19. The van der Waals surface area contributed by atoms with Crippen LogP contribution in [-0.4, -0.2) is 54.8 Å². The number of aliphatic hydroxyl groups excluding tert-OH is 2. The Morgan fingerprint density at radius 3 is 2.79 bits per heavy atom. The summed E-state index contributed by atoms with van der Waals surface area (Å²) in [5.41, 5.74) is 5.74. The summed E-state index contributed by atoms with van der Waals surface area (Å²) >= 11 is 0. The second-order valence-electron chi connectivity index (χ2n) is 6.09. The van der Waals surface area contributed by atoms with Crippen LogP contribution in [0.4, 0.5) is 5.82 Å². The van der Waals surface area contributed by atoms with Crippen molar-refractivity contribution in [3.05, 3.63) is 18.1 Å². The lowest BCUT2D eigenvalue weighted by Crippen LogP contribution is -2.38. The van der Waals surface area contributed by atoms with E-state index in [-0.39, 0.29) is 24.9 Å². The summed E-state index contributed by atoms with van der Waals surface area (Å²) in [6, 6.07) is 0. The zero-order chi connectivity index (χ0) is 17.5. The van der Waals surface area contributed by atoms with Crippen LogP contribution < -0.4 is 5.73 Å². The van der Waals surface area contributed by atoms with Crippen molar-refractivity contribution < 1.29 is 20.1 Å². The standard InChI is InChI=1S/C16H20N4O4/c1-9-11(7-22)24-15(16(9,2)23)20-6-10(4-3-5-21)12-13(17)18-8-19-14(12)20/h6,8-9,11,15,21-23H,5,7H2,1-2H3,(H2,17,18,19)/t9-,11?,15?,16?/m1/s1. The summed E-state index contributed by atoms with van der Waals surface area (Å²) in [4.78, 5) is 8.22. The number of nitrogen functional groups attached to an aromatic ring is 1. The monoisotopic (exact) mass is 332 g/mol. The van der Waals surface area contributed by atoms with Gasteiger partial charge in [0, 0.05) is 12.1 Å². The minimum absolute atomic E-state index is 0.193. The Balaban J connectivity index is 2.19. The highest BCUT2D eigenvalue weighted by molar-refractivity contribution is 5.92. The lowest BCUT2D eigenvalue weighted by atomic mass is 9.88. The predicted molar refractivity (Wildman–Crippen MR) is 86.7 cm³/mol. The number of ether oxygens (including phenoxy) is 1. The minimum Gasteiger partial charge on any atom is -0.394 e. The molecule has 1 aliphatic rings. The molecule has 0 aliphatic carbocycles. The van der Waals surface area contributed by atoms with Gasteiger partial charge in [0.05, 0.1) is 23.7 Å². The summed E-state index contributed by atoms with van der Waals surface area (Å²) in [5.74, 6) is 5.37. The maximum atomic E-state index is 10.9. The first kappa shape index (κ1) is 16.7. The van der Waals surface area contributed by atoms with Gasteiger partial charge in [-0.3, -0.25) is 0 Å². The topological polar surface area (TPSA) is 127 Å². The van der Waals surface area contributed by atoms with Crippen LogP contribution in [0, 0.1) is 17.8 Å². The van der Waals surface area contributed by atoms with Gasteiger partial charge in [-0.1, -0.05) is 18.8 Å². The highest BCUT2D eigenvalue weighted by atomic mass is 16.5. The average molecular weight is 332 g/mol. The molecular formula is C16H20N4O4. The van der Waals surface area contributed by atoms with Crippen LogP contribution in [0.3, 0.4) is 0 Å². The molecule has 128 valence electrons. The molecule has 3 unspecified atom stereocenters. The highest BCUT2D eigenvalue weighted by Crippen LogP contribution is 2.44. The van der Waals surface area contributed by atoms with Gasteiger partial charge in [-0.2, -0.15) is 0 Å². The fourth-order valence-corrected chi connectivity index (χ4v) is 3.09. The Morgan fingerprint density at radius 2 is 2.17 bits per heavy atom. The van der Waals surface area contributed by atoms with Gasteiger partial charge in [0.2, 0.25) is 0 Å². The van der Waals surface area contributed by atoms with E-state index in [0.717, 1.165) is 0 Å². The molecule has 2 aromatic rings. The fourth-order valence-electron chi connectivity index (χ4n) is 3.09. The van der Waals surface area contributed by atoms with Crippen LogP contribution >= 0.6 is 0 Å². The van der Waals surface area contributed by atoms with E-state index in [2.05, 4.69) is 21.8 Å². The van der Waals surface area contributed by atoms with E-state index in [1.165, 1.54) is 6.33 Å². The van der Waals surface area contributed by atoms with E-state index in [0.29, 0.717) is 16.6 Å². The van der Waals surface area contributed by atoms with Crippen molar-refractivity contribution in [1.29, 1.82) is 0 Å². The third kappa shape index (κ3) is 2.42. The minimum atomic E-state index is -1.22. The van der Waals surface area contributed by atoms with Gasteiger partial charge in [-0.05, 0) is 6.92 Å². The van der Waals surface area contributed by atoms with Crippen molar-refractivity contribution in [3.63, 3.8) is 0 Å². The van der Waals surface area contributed by atoms with E-state index in [1.54, 1.807) is 17.7 Å². The van der Waals surface area contributed by atoms with Crippen LogP contribution in [0.25, 0.3) is 11.0 Å². The number of nitrogens with two attached hydrogens (primary N) is 1. The third-order valence-corrected chi connectivity index (χ3v) is 4.66. The van der Waals surface area contributed by atoms with Gasteiger partial charge in [-0.25, -0.2) is 9.97 Å². The highest BCUT2D eigenvalue weighted by Gasteiger charge is 2.51. The second-order valence-corrected chi connectivity index (χ2v) is 6.09. The van der Waals surface area contributed by atoms with Crippen LogP contribution in [0.15, 0.2) is 12.5 Å². The average Bonchev–Trinajstić information content (AvgIpc) is 3.02. The Hall–Kier alpha value is -2.18. The number of aromatic nitrogens is 3. The predicted octanol–water partition coefficient (Wildman–Crippen LogP) is -0.366. The smallest absolute Gasteiger partial charge is 0.164 e. The number of anilines is 1. The fraction of sp³-hybridized carbons (Fsp3) is 0.500. The first-order valence-corrected chi connectivity index (χ1v) is 7.61. The number of fused-ring (bicyclic) bond motifs is 1. The Labute approximate surface area is 138 Å². The zero-order valence-electron chi connectivity index (χ0n) is 13.5. The van der Waals surface area contributed by atoms with Gasteiger partial charge in [0.1, 0.15) is 30.0 Å². The molecule has 1 aliphatic heterocycles. The normalized spacial score (nSPS) is 29.6. The summed E-state index contributed by atoms with van der Waals surface area (Å²) in [7, 11) is 0. The number of rotatable bonds is 2. The van der Waals surface area contributed by atoms with E-state index >= 15 is 0 Å². The molecule has 1 fully saturated rings. The molecule has 3 rings (SSSR count). The Morgan fingerprint density at radius 1 is 1.42 bits per heavy atom. The molecule has 1 saturated heterocycles. The van der Waals surface area contributed by atoms with E-state index < -0.39 is 17.9 Å². The molecule has 24 heavy (non-hydrogen) atoms. The summed E-state index contributed by atoms with van der Waals surface area (Å²) < 4.78 is 7.51. The maximum absolute atomic E-state index is 10.9. The van der Waals surface area contributed by atoms with Crippen molar-refractivity contribution in [1.82, 2.24) is 14.5 Å². The molecule has 0 amide bonds. The molecule has 2 aromatic heterocycles. The first-order chi connectivity index (χ1) is 11.4. The molecule has 5 N–H and O–H groups in total. The lowest BCUT2D eigenvalue weighted by Gasteiger charge is -2.28. The largest absolute Gasteiger partial charge is 0.394 e. The van der Waals surface area contributed by atoms with Crippen molar-refractivity contribution in [2.24, 2.45) is 5.92 Å². The molecule has 0 radical (unpaired) electrons. The van der Waals surface area contributed by atoms with Gasteiger partial charge >= 0.3 is 0 Å². The lowest BCUT2D eigenvalue weighted by molar-refractivity contribution is -0.0874. The SMILES string of the molecule is C[C@@H]1C(CO)OC(n2cc(C#CCO)c3c(N)ncnc32)C1(C)O. The number of hydrogen-bond donors (Lipinski definition) is 4. The zero-order valence-corrected chi connectivity index (χ0v) is 13.5. The molecule has 3 heterocycles. The van der Waals surface area contributed by atoms with E-state index in [4.69, 9.17) is 15.6 Å². The van der Waals surface area contributed by atoms with Crippen molar-refractivity contribution >= 4 is 16.9 Å². The van der Waals surface area contributed by atoms with Crippen molar-refractivity contribution in [3.8, 4) is 11.8 Å². The van der Waals surface area contributed by atoms with Crippen molar-refractivity contribution in [2.45, 2.75) is 31.8 Å². The number of nitrogens with zero attached hydrogens (tertiary/aromatic N) is 3. The number of hydrogen-bond acceptors (Lipinski definition) is 7. The van der Waals surface area contributed by atoms with Crippen LogP contribution in [0.2, 0.25) is 0 Å². The van der Waals surface area contributed by atoms with E-state index in [1.807, 2.05) is 6.92 Å². The summed E-state index contributed by atoms with van der Waals surface area (Å²) in [6.07, 6.45) is 1.75.